The van der Waals surface area contributed by atoms with Crippen molar-refractivity contribution in [2.45, 2.75) is 18.8 Å². The smallest absolute Gasteiger partial charge is 0.315 e. The number of ether oxygens (including phenoxy) is 1. The first-order valence-electron chi connectivity index (χ1n) is 9.68. The van der Waals surface area contributed by atoms with Crippen LogP contribution in [0.3, 0.4) is 0 Å². The molecule has 1 fully saturated rings. The van der Waals surface area contributed by atoms with Crippen LogP contribution in [-0.4, -0.2) is 17.0 Å². The van der Waals surface area contributed by atoms with Gasteiger partial charge in [0.15, 0.2) is 0 Å². The largest absolute Gasteiger partial charge is 0.481 e. The topological polar surface area (TPSA) is 63.6 Å². The van der Waals surface area contributed by atoms with Gasteiger partial charge in [-0.25, -0.2) is 0 Å². The predicted octanol–water partition coefficient (Wildman–Crippen LogP) is 4.80. The van der Waals surface area contributed by atoms with Crippen molar-refractivity contribution in [2.75, 3.05) is 0 Å². The first-order valence-corrected chi connectivity index (χ1v) is 9.68. The predicted molar refractivity (Wildman–Crippen MR) is 110 cm³/mol. The van der Waals surface area contributed by atoms with E-state index in [1.54, 1.807) is 6.07 Å². The van der Waals surface area contributed by atoms with Gasteiger partial charge in [-0.15, -0.1) is 0 Å². The third kappa shape index (κ3) is 3.54. The van der Waals surface area contributed by atoms with Crippen LogP contribution in [0.15, 0.2) is 84.9 Å². The van der Waals surface area contributed by atoms with Crippen LogP contribution < -0.4 is 4.74 Å². The maximum Gasteiger partial charge on any atom is 0.315 e. The zero-order chi connectivity index (χ0) is 20.4. The lowest BCUT2D eigenvalue weighted by molar-refractivity contribution is -0.158. The van der Waals surface area contributed by atoms with Crippen LogP contribution in [0.1, 0.15) is 28.5 Å². The highest BCUT2D eigenvalue weighted by Crippen LogP contribution is 2.58. The standard InChI is InChI=1S/C25H22O4/c1-16-10-8-9-15-19(16)29-25(28)23-20(17-11-4-2-5-12-17)22(24(26)27)21(23)18-13-6-3-7-14-18/h2-15,20-23H,1H3,(H,26,27)/t20-,21-,22-,23+/m1/s1. The Morgan fingerprint density at radius 1 is 0.724 bits per heavy atom. The lowest BCUT2D eigenvalue weighted by Crippen LogP contribution is -2.52. The van der Waals surface area contributed by atoms with Crippen molar-refractivity contribution >= 4 is 11.9 Å². The van der Waals surface area contributed by atoms with Gasteiger partial charge in [0.1, 0.15) is 5.75 Å². The fraction of sp³-hybridized carbons (Fsp3) is 0.200. The Bertz CT molecular complexity index is 966. The van der Waals surface area contributed by atoms with E-state index in [0.29, 0.717) is 5.75 Å². The van der Waals surface area contributed by atoms with Crippen molar-refractivity contribution in [1.29, 1.82) is 0 Å². The molecule has 146 valence electrons. The summed E-state index contributed by atoms with van der Waals surface area (Å²) in [5.74, 6) is -2.90. The third-order valence-electron chi connectivity index (χ3n) is 5.78. The van der Waals surface area contributed by atoms with Gasteiger partial charge in [0, 0.05) is 11.8 Å². The van der Waals surface area contributed by atoms with Crippen LogP contribution in [0.2, 0.25) is 0 Å². The van der Waals surface area contributed by atoms with Gasteiger partial charge < -0.3 is 9.84 Å². The van der Waals surface area contributed by atoms with E-state index < -0.39 is 29.6 Å². The quantitative estimate of drug-likeness (QED) is 0.505. The number of aryl methyl sites for hydroxylation is 1. The molecule has 0 aromatic heterocycles. The number of carboxylic acid groups (broad SMARTS) is 1. The summed E-state index contributed by atoms with van der Waals surface area (Å²) < 4.78 is 5.75. The average molecular weight is 386 g/mol. The van der Waals surface area contributed by atoms with Crippen LogP contribution in [0.4, 0.5) is 0 Å². The molecule has 0 spiro atoms. The summed E-state index contributed by atoms with van der Waals surface area (Å²) in [6.07, 6.45) is 0. The van der Waals surface area contributed by atoms with E-state index in [0.717, 1.165) is 16.7 Å². The van der Waals surface area contributed by atoms with Crippen molar-refractivity contribution in [2.24, 2.45) is 11.8 Å². The molecule has 0 unspecified atom stereocenters. The van der Waals surface area contributed by atoms with Crippen LogP contribution in [-0.2, 0) is 9.59 Å². The zero-order valence-corrected chi connectivity index (χ0v) is 16.1. The number of para-hydroxylation sites is 1. The van der Waals surface area contributed by atoms with Crippen LogP contribution in [0, 0.1) is 18.8 Å². The fourth-order valence-electron chi connectivity index (χ4n) is 4.38. The van der Waals surface area contributed by atoms with Gasteiger partial charge in [-0.3, -0.25) is 9.59 Å². The van der Waals surface area contributed by atoms with Gasteiger partial charge in [0.05, 0.1) is 11.8 Å². The van der Waals surface area contributed by atoms with Gasteiger partial charge in [0.25, 0.3) is 0 Å². The second-order valence-electron chi connectivity index (χ2n) is 7.45. The molecule has 0 radical (unpaired) electrons. The normalized spacial score (nSPS) is 23.1. The molecule has 4 heteroatoms. The minimum Gasteiger partial charge on any atom is -0.481 e. The van der Waals surface area contributed by atoms with Gasteiger partial charge in [0.2, 0.25) is 0 Å². The first kappa shape index (κ1) is 18.9. The van der Waals surface area contributed by atoms with E-state index in [9.17, 15) is 14.7 Å². The molecule has 1 N–H and O–H groups in total. The van der Waals surface area contributed by atoms with E-state index in [-0.39, 0.29) is 5.97 Å². The number of esters is 1. The van der Waals surface area contributed by atoms with Gasteiger partial charge in [-0.05, 0) is 29.7 Å². The first-order chi connectivity index (χ1) is 14.1. The number of rotatable bonds is 5. The zero-order valence-electron chi connectivity index (χ0n) is 16.1. The van der Waals surface area contributed by atoms with E-state index in [2.05, 4.69) is 0 Å². The van der Waals surface area contributed by atoms with Gasteiger partial charge in [-0.1, -0.05) is 78.9 Å². The van der Waals surface area contributed by atoms with Crippen molar-refractivity contribution in [3.05, 3.63) is 102 Å². The van der Waals surface area contributed by atoms with Crippen molar-refractivity contribution < 1.29 is 19.4 Å². The highest BCUT2D eigenvalue weighted by atomic mass is 16.5. The number of aliphatic carboxylic acids is 1. The molecule has 0 aliphatic heterocycles. The molecule has 4 rings (SSSR count). The molecule has 0 bridgehead atoms. The number of hydrogen-bond acceptors (Lipinski definition) is 3. The van der Waals surface area contributed by atoms with Crippen molar-refractivity contribution in [3.8, 4) is 5.75 Å². The second kappa shape index (κ2) is 7.92. The summed E-state index contributed by atoms with van der Waals surface area (Å²) in [5.41, 5.74) is 2.56. The van der Waals surface area contributed by atoms with Crippen LogP contribution >= 0.6 is 0 Å². The van der Waals surface area contributed by atoms with E-state index in [4.69, 9.17) is 4.74 Å². The summed E-state index contributed by atoms with van der Waals surface area (Å²) in [6, 6.07) is 26.1. The Hall–Kier alpha value is -3.40. The molecule has 29 heavy (non-hydrogen) atoms. The summed E-state index contributed by atoms with van der Waals surface area (Å²) in [5, 5.41) is 9.98. The summed E-state index contributed by atoms with van der Waals surface area (Å²) in [4.78, 5) is 25.4. The van der Waals surface area contributed by atoms with E-state index in [1.807, 2.05) is 85.8 Å². The van der Waals surface area contributed by atoms with Gasteiger partial charge in [-0.2, -0.15) is 0 Å². The molecule has 1 aliphatic carbocycles. The van der Waals surface area contributed by atoms with Crippen molar-refractivity contribution in [3.63, 3.8) is 0 Å². The Balaban J connectivity index is 1.74. The molecular weight excluding hydrogens is 364 g/mol. The fourth-order valence-corrected chi connectivity index (χ4v) is 4.38. The maximum atomic E-state index is 13.3. The van der Waals surface area contributed by atoms with Crippen molar-refractivity contribution in [1.82, 2.24) is 0 Å². The monoisotopic (exact) mass is 386 g/mol. The van der Waals surface area contributed by atoms with E-state index in [1.165, 1.54) is 0 Å². The molecular formula is C25H22O4. The molecule has 4 nitrogen and oxygen atoms in total. The Morgan fingerprint density at radius 2 is 1.21 bits per heavy atom. The number of carbonyl (C=O) groups is 2. The molecule has 1 saturated carbocycles. The molecule has 3 aromatic rings. The van der Waals surface area contributed by atoms with Crippen LogP contribution in [0.25, 0.3) is 0 Å². The second-order valence-corrected chi connectivity index (χ2v) is 7.45. The minimum absolute atomic E-state index is 0.389. The Kier molecular flexibility index (Phi) is 5.17. The molecule has 0 amide bonds. The highest BCUT2D eigenvalue weighted by Gasteiger charge is 2.59. The third-order valence-corrected chi connectivity index (χ3v) is 5.78. The maximum absolute atomic E-state index is 13.3. The lowest BCUT2D eigenvalue weighted by atomic mass is 9.52. The summed E-state index contributed by atoms with van der Waals surface area (Å²) in [6.45, 7) is 1.88. The molecule has 0 heterocycles. The molecule has 1 aliphatic rings. The van der Waals surface area contributed by atoms with Crippen LogP contribution in [0.5, 0.6) is 5.75 Å². The Labute approximate surface area is 169 Å². The highest BCUT2D eigenvalue weighted by molar-refractivity contribution is 5.85. The van der Waals surface area contributed by atoms with E-state index >= 15 is 0 Å². The SMILES string of the molecule is Cc1ccccc1OC(=O)[C@H]1[C@H](c2ccccc2)[C@@H](C(=O)O)[C@H]1c1ccccc1. The number of benzene rings is 3. The minimum atomic E-state index is -0.896. The molecule has 3 aromatic carbocycles. The lowest BCUT2D eigenvalue weighted by Gasteiger charge is -2.49. The Morgan fingerprint density at radius 3 is 1.69 bits per heavy atom. The number of carboxylic acids is 1. The summed E-state index contributed by atoms with van der Waals surface area (Å²) in [7, 11) is 0. The molecule has 0 saturated heterocycles. The number of hydrogen-bond donors (Lipinski definition) is 1. The van der Waals surface area contributed by atoms with Gasteiger partial charge >= 0.3 is 11.9 Å². The number of carbonyl (C=O) groups excluding carboxylic acids is 1. The summed E-state index contributed by atoms with van der Waals surface area (Å²) >= 11 is 0. The molecule has 2 atom stereocenters. The average Bonchev–Trinajstić information content (AvgIpc) is 2.70.